The van der Waals surface area contributed by atoms with Gasteiger partial charge in [0.15, 0.2) is 0 Å². The van der Waals surface area contributed by atoms with Crippen LogP contribution in [0.25, 0.3) is 10.9 Å². The number of nitrogens with one attached hydrogen (secondary N) is 1. The number of halogens is 3. The first-order valence-electron chi connectivity index (χ1n) is 9.31. The van der Waals surface area contributed by atoms with E-state index in [2.05, 4.69) is 20.2 Å². The number of aromatic nitrogens is 3. The summed E-state index contributed by atoms with van der Waals surface area (Å²) in [6, 6.07) is 5.52. The second-order valence-corrected chi connectivity index (χ2v) is 7.18. The number of benzene rings is 1. The minimum atomic E-state index is -4.39. The first kappa shape index (κ1) is 19.2. The lowest BCUT2D eigenvalue weighted by Crippen LogP contribution is -2.45. The number of piperidine rings is 1. The van der Waals surface area contributed by atoms with Gasteiger partial charge in [-0.1, -0.05) is 6.07 Å². The molecule has 0 aliphatic carbocycles. The van der Waals surface area contributed by atoms with Crippen molar-refractivity contribution >= 4 is 22.5 Å². The van der Waals surface area contributed by atoms with Crippen LogP contribution in [0.3, 0.4) is 0 Å². The van der Waals surface area contributed by atoms with Gasteiger partial charge in [0.05, 0.1) is 23.6 Å². The molecule has 1 aliphatic heterocycles. The van der Waals surface area contributed by atoms with Crippen LogP contribution in [0.4, 0.5) is 18.9 Å². The second-order valence-electron chi connectivity index (χ2n) is 7.18. The highest BCUT2D eigenvalue weighted by molar-refractivity contribution is 5.93. The molecular weight excluding hydrogens is 383 g/mol. The number of carbonyl (C=O) groups excluding carboxylic acids is 1. The molecule has 0 radical (unpaired) electrons. The molecule has 0 atom stereocenters. The monoisotopic (exact) mass is 403 g/mol. The van der Waals surface area contributed by atoms with Gasteiger partial charge in [0, 0.05) is 43.4 Å². The lowest BCUT2D eigenvalue weighted by atomic mass is 10.0. The molecule has 29 heavy (non-hydrogen) atoms. The molecule has 0 bridgehead atoms. The molecule has 6 nitrogen and oxygen atoms in total. The van der Waals surface area contributed by atoms with Gasteiger partial charge in [-0.15, -0.1) is 0 Å². The van der Waals surface area contributed by atoms with Gasteiger partial charge in [0.2, 0.25) is 0 Å². The van der Waals surface area contributed by atoms with Crippen LogP contribution in [0.1, 0.15) is 28.9 Å². The summed E-state index contributed by atoms with van der Waals surface area (Å²) in [5.41, 5.74) is 0.989. The van der Waals surface area contributed by atoms with E-state index in [1.54, 1.807) is 17.9 Å². The molecule has 2 aromatic heterocycles. The van der Waals surface area contributed by atoms with E-state index in [0.717, 1.165) is 30.7 Å². The molecule has 4 rings (SSSR count). The van der Waals surface area contributed by atoms with Crippen molar-refractivity contribution in [3.05, 3.63) is 54.2 Å². The smallest absolute Gasteiger partial charge is 0.371 e. The molecule has 0 unspecified atom stereocenters. The summed E-state index contributed by atoms with van der Waals surface area (Å²) in [7, 11) is 1.77. The molecule has 3 aromatic rings. The van der Waals surface area contributed by atoms with Crippen molar-refractivity contribution in [2.24, 2.45) is 7.05 Å². The minimum absolute atomic E-state index is 0.0404. The highest BCUT2D eigenvalue weighted by Crippen LogP contribution is 2.34. The number of pyridine rings is 1. The van der Waals surface area contributed by atoms with Crippen molar-refractivity contribution in [2.45, 2.75) is 25.1 Å². The Morgan fingerprint density at radius 2 is 1.97 bits per heavy atom. The molecule has 1 aliphatic rings. The number of alkyl halides is 3. The largest absolute Gasteiger partial charge is 0.416 e. The molecule has 1 fully saturated rings. The summed E-state index contributed by atoms with van der Waals surface area (Å²) in [5.74, 6) is -0.155. The SMILES string of the molecule is Cn1cncc1C(=O)NC1CCN(c2ccnc3cc(C(F)(F)F)ccc23)CC1. The van der Waals surface area contributed by atoms with Crippen LogP contribution in [-0.2, 0) is 13.2 Å². The van der Waals surface area contributed by atoms with Crippen LogP contribution in [-0.4, -0.2) is 39.6 Å². The molecule has 3 heterocycles. The number of amides is 1. The van der Waals surface area contributed by atoms with Crippen LogP contribution in [0, 0.1) is 0 Å². The number of hydrogen-bond acceptors (Lipinski definition) is 4. The zero-order valence-corrected chi connectivity index (χ0v) is 15.8. The Balaban J connectivity index is 1.46. The topological polar surface area (TPSA) is 63.1 Å². The molecule has 1 amide bonds. The van der Waals surface area contributed by atoms with Crippen LogP contribution >= 0.6 is 0 Å². The number of aryl methyl sites for hydroxylation is 1. The summed E-state index contributed by atoms with van der Waals surface area (Å²) >= 11 is 0. The third-order valence-electron chi connectivity index (χ3n) is 5.27. The fraction of sp³-hybridized carbons (Fsp3) is 0.350. The predicted molar refractivity (Wildman–Crippen MR) is 103 cm³/mol. The van der Waals surface area contributed by atoms with Gasteiger partial charge in [-0.05, 0) is 31.0 Å². The fourth-order valence-corrected chi connectivity index (χ4v) is 3.69. The highest BCUT2D eigenvalue weighted by atomic mass is 19.4. The average molecular weight is 403 g/mol. The third-order valence-corrected chi connectivity index (χ3v) is 5.27. The van der Waals surface area contributed by atoms with E-state index in [1.807, 2.05) is 6.07 Å². The number of imidazole rings is 1. The standard InChI is InChI=1S/C20H20F3N5O/c1-27-12-24-11-18(27)19(29)26-14-5-8-28(9-6-14)17-4-7-25-16-10-13(20(21,22)23)2-3-15(16)17/h2-4,7,10-12,14H,5-6,8-9H2,1H3,(H,26,29). The Kier molecular flexibility index (Phi) is 4.89. The summed E-state index contributed by atoms with van der Waals surface area (Å²) in [6.07, 6.45) is 1.74. The van der Waals surface area contributed by atoms with Crippen LogP contribution in [0.2, 0.25) is 0 Å². The lowest BCUT2D eigenvalue weighted by Gasteiger charge is -2.34. The van der Waals surface area contributed by atoms with Gasteiger partial charge in [0.1, 0.15) is 5.69 Å². The van der Waals surface area contributed by atoms with Gasteiger partial charge < -0.3 is 14.8 Å². The first-order chi connectivity index (χ1) is 13.8. The normalized spacial score (nSPS) is 15.7. The van der Waals surface area contributed by atoms with Gasteiger partial charge in [-0.3, -0.25) is 9.78 Å². The quantitative estimate of drug-likeness (QED) is 0.728. The van der Waals surface area contributed by atoms with E-state index in [1.165, 1.54) is 18.5 Å². The number of carbonyl (C=O) groups is 1. The van der Waals surface area contributed by atoms with Crippen LogP contribution in [0.15, 0.2) is 43.0 Å². The maximum absolute atomic E-state index is 13.0. The Morgan fingerprint density at radius 3 is 2.62 bits per heavy atom. The summed E-state index contributed by atoms with van der Waals surface area (Å²) < 4.78 is 40.6. The van der Waals surface area contributed by atoms with Crippen molar-refractivity contribution in [1.29, 1.82) is 0 Å². The second kappa shape index (κ2) is 7.38. The molecule has 1 aromatic carbocycles. The lowest BCUT2D eigenvalue weighted by molar-refractivity contribution is -0.137. The summed E-state index contributed by atoms with van der Waals surface area (Å²) in [5, 5.41) is 3.72. The summed E-state index contributed by atoms with van der Waals surface area (Å²) in [6.45, 7) is 1.38. The highest BCUT2D eigenvalue weighted by Gasteiger charge is 2.31. The number of nitrogens with zero attached hydrogens (tertiary/aromatic N) is 4. The van der Waals surface area contributed by atoms with Crippen LogP contribution < -0.4 is 10.2 Å². The van der Waals surface area contributed by atoms with E-state index in [0.29, 0.717) is 29.7 Å². The fourth-order valence-electron chi connectivity index (χ4n) is 3.69. The van der Waals surface area contributed by atoms with Crippen molar-refractivity contribution in [3.8, 4) is 0 Å². The maximum Gasteiger partial charge on any atom is 0.416 e. The van der Waals surface area contributed by atoms with Crippen molar-refractivity contribution < 1.29 is 18.0 Å². The van der Waals surface area contributed by atoms with Gasteiger partial charge >= 0.3 is 6.18 Å². The van der Waals surface area contributed by atoms with Gasteiger partial charge in [0.25, 0.3) is 5.91 Å². The number of hydrogen-bond donors (Lipinski definition) is 1. The minimum Gasteiger partial charge on any atom is -0.371 e. The van der Waals surface area contributed by atoms with Gasteiger partial charge in [-0.25, -0.2) is 4.98 Å². The molecule has 0 saturated carbocycles. The first-order valence-corrected chi connectivity index (χ1v) is 9.31. The predicted octanol–water partition coefficient (Wildman–Crippen LogP) is 3.39. The Morgan fingerprint density at radius 1 is 1.21 bits per heavy atom. The van der Waals surface area contributed by atoms with Gasteiger partial charge in [-0.2, -0.15) is 13.2 Å². The van der Waals surface area contributed by atoms with Crippen molar-refractivity contribution in [1.82, 2.24) is 19.9 Å². The average Bonchev–Trinajstić information content (AvgIpc) is 3.13. The molecule has 9 heteroatoms. The maximum atomic E-state index is 13.0. The Labute approximate surface area is 165 Å². The zero-order valence-electron chi connectivity index (χ0n) is 15.8. The Bertz CT molecular complexity index is 1040. The van der Waals surface area contributed by atoms with E-state index >= 15 is 0 Å². The molecular formula is C20H20F3N5O. The van der Waals surface area contributed by atoms with E-state index in [-0.39, 0.29) is 11.9 Å². The van der Waals surface area contributed by atoms with Crippen molar-refractivity contribution in [2.75, 3.05) is 18.0 Å². The van der Waals surface area contributed by atoms with Crippen LogP contribution in [0.5, 0.6) is 0 Å². The number of fused-ring (bicyclic) bond motifs is 1. The zero-order chi connectivity index (χ0) is 20.6. The third kappa shape index (κ3) is 3.90. The molecule has 0 spiro atoms. The Hall–Kier alpha value is -3.10. The molecule has 1 saturated heterocycles. The van der Waals surface area contributed by atoms with E-state index < -0.39 is 11.7 Å². The molecule has 152 valence electrons. The van der Waals surface area contributed by atoms with Crippen molar-refractivity contribution in [3.63, 3.8) is 0 Å². The van der Waals surface area contributed by atoms with E-state index in [9.17, 15) is 18.0 Å². The number of rotatable bonds is 3. The summed E-state index contributed by atoms with van der Waals surface area (Å²) in [4.78, 5) is 22.5. The molecule has 1 N–H and O–H groups in total. The number of anilines is 1. The van der Waals surface area contributed by atoms with E-state index in [4.69, 9.17) is 0 Å².